The summed E-state index contributed by atoms with van der Waals surface area (Å²) in [7, 11) is 0. The normalized spacial score (nSPS) is 10.5. The Hall–Kier alpha value is -1.42. The fraction of sp³-hybridized carbons (Fsp3) is 0. The Balaban J connectivity index is 2.92. The van der Waals surface area contributed by atoms with Crippen molar-refractivity contribution in [3.63, 3.8) is 0 Å². The second kappa shape index (κ2) is 2.81. The molecule has 66 valence electrons. The van der Waals surface area contributed by atoms with Crippen LogP contribution in [0.4, 0.5) is 4.39 Å². The number of benzene rings is 1. The van der Waals surface area contributed by atoms with Crippen molar-refractivity contribution in [1.82, 2.24) is 0 Å². The molecule has 1 aromatic carbocycles. The number of fused-ring (bicyclic) bond motifs is 1. The molecule has 0 aliphatic heterocycles. The maximum atomic E-state index is 13.0. The van der Waals surface area contributed by atoms with Gasteiger partial charge >= 0.3 is 0 Å². The Morgan fingerprint density at radius 2 is 2.23 bits per heavy atom. The van der Waals surface area contributed by atoms with Crippen molar-refractivity contribution in [2.45, 2.75) is 0 Å². The highest BCUT2D eigenvalue weighted by Gasteiger charge is 2.10. The van der Waals surface area contributed by atoms with Gasteiger partial charge in [0.25, 0.3) is 0 Å². The molecule has 2 aromatic rings. The van der Waals surface area contributed by atoms with Crippen molar-refractivity contribution >= 4 is 27.7 Å². The summed E-state index contributed by atoms with van der Waals surface area (Å²) in [4.78, 5) is 10.5. The van der Waals surface area contributed by atoms with Gasteiger partial charge in [-0.25, -0.2) is 4.39 Å². The summed E-state index contributed by atoms with van der Waals surface area (Å²) in [6.07, 6.45) is 0.466. The molecule has 0 unspecified atom stereocenters. The van der Waals surface area contributed by atoms with Gasteiger partial charge < -0.3 is 5.11 Å². The van der Waals surface area contributed by atoms with Crippen molar-refractivity contribution in [1.29, 1.82) is 0 Å². The summed E-state index contributed by atoms with van der Waals surface area (Å²) >= 11 is 1.16. The third kappa shape index (κ3) is 1.10. The zero-order chi connectivity index (χ0) is 9.42. The molecule has 4 heteroatoms. The molecule has 1 aromatic heterocycles. The van der Waals surface area contributed by atoms with Crippen LogP contribution in [0.5, 0.6) is 5.75 Å². The standard InChI is InChI=1S/C9H5FO2S/c10-7-2-1-5-8(12)4-13-9(5)6(7)3-11/h1-4,12H. The van der Waals surface area contributed by atoms with Gasteiger partial charge in [-0.2, -0.15) is 0 Å². The lowest BCUT2D eigenvalue weighted by Gasteiger charge is -1.95. The summed E-state index contributed by atoms with van der Waals surface area (Å²) in [5.41, 5.74) is 0.0165. The molecular formula is C9H5FO2S. The number of aldehydes is 1. The van der Waals surface area contributed by atoms with E-state index in [0.717, 1.165) is 11.3 Å². The van der Waals surface area contributed by atoms with Gasteiger partial charge in [0.1, 0.15) is 11.6 Å². The van der Waals surface area contributed by atoms with Gasteiger partial charge in [-0.15, -0.1) is 11.3 Å². The molecule has 2 nitrogen and oxygen atoms in total. The predicted molar refractivity (Wildman–Crippen MR) is 48.8 cm³/mol. The van der Waals surface area contributed by atoms with Crippen LogP contribution in [0, 0.1) is 5.82 Å². The first-order valence-electron chi connectivity index (χ1n) is 3.58. The largest absolute Gasteiger partial charge is 0.506 e. The highest BCUT2D eigenvalue weighted by atomic mass is 32.1. The van der Waals surface area contributed by atoms with Crippen LogP contribution in [0.25, 0.3) is 10.1 Å². The van der Waals surface area contributed by atoms with Crippen LogP contribution in [0.3, 0.4) is 0 Å². The lowest BCUT2D eigenvalue weighted by atomic mass is 10.1. The number of carbonyl (C=O) groups excluding carboxylic acids is 1. The van der Waals surface area contributed by atoms with Crippen LogP contribution in [0.2, 0.25) is 0 Å². The quantitative estimate of drug-likeness (QED) is 0.711. The Morgan fingerprint density at radius 1 is 1.46 bits per heavy atom. The fourth-order valence-electron chi connectivity index (χ4n) is 1.19. The van der Waals surface area contributed by atoms with Crippen molar-refractivity contribution in [3.05, 3.63) is 28.9 Å². The topological polar surface area (TPSA) is 37.3 Å². The van der Waals surface area contributed by atoms with Gasteiger partial charge in [0.2, 0.25) is 0 Å². The lowest BCUT2D eigenvalue weighted by molar-refractivity contribution is 0.112. The molecule has 0 bridgehead atoms. The van der Waals surface area contributed by atoms with E-state index in [1.807, 2.05) is 0 Å². The van der Waals surface area contributed by atoms with Crippen LogP contribution >= 0.6 is 11.3 Å². The highest BCUT2D eigenvalue weighted by molar-refractivity contribution is 7.18. The first-order valence-corrected chi connectivity index (χ1v) is 4.46. The summed E-state index contributed by atoms with van der Waals surface area (Å²) in [6, 6.07) is 2.64. The summed E-state index contributed by atoms with van der Waals surface area (Å²) in [6.45, 7) is 0. The molecule has 0 atom stereocenters. The zero-order valence-electron chi connectivity index (χ0n) is 6.45. The Kier molecular flexibility index (Phi) is 1.77. The van der Waals surface area contributed by atoms with Crippen LogP contribution in [-0.2, 0) is 0 Å². The average Bonchev–Trinajstić information content (AvgIpc) is 2.48. The van der Waals surface area contributed by atoms with E-state index in [-0.39, 0.29) is 11.3 Å². The molecule has 0 aliphatic rings. The summed E-state index contributed by atoms with van der Waals surface area (Å²) in [5.74, 6) is -0.465. The Morgan fingerprint density at radius 3 is 2.92 bits per heavy atom. The molecule has 0 saturated heterocycles. The molecule has 0 amide bonds. The number of hydrogen-bond acceptors (Lipinski definition) is 3. The second-order valence-corrected chi connectivity index (χ2v) is 3.46. The molecule has 13 heavy (non-hydrogen) atoms. The lowest BCUT2D eigenvalue weighted by Crippen LogP contribution is -1.86. The smallest absolute Gasteiger partial charge is 0.154 e. The number of rotatable bonds is 1. The molecule has 2 rings (SSSR count). The first-order chi connectivity index (χ1) is 6.24. The van der Waals surface area contributed by atoms with E-state index in [1.165, 1.54) is 17.5 Å². The van der Waals surface area contributed by atoms with Gasteiger partial charge in [-0.05, 0) is 12.1 Å². The molecule has 0 saturated carbocycles. The molecule has 0 radical (unpaired) electrons. The van der Waals surface area contributed by atoms with Crippen molar-refractivity contribution < 1.29 is 14.3 Å². The summed E-state index contributed by atoms with van der Waals surface area (Å²) in [5, 5.41) is 11.3. The molecular weight excluding hydrogens is 191 g/mol. The molecule has 1 N–H and O–H groups in total. The zero-order valence-corrected chi connectivity index (χ0v) is 7.27. The third-order valence-electron chi connectivity index (χ3n) is 1.83. The maximum absolute atomic E-state index is 13.0. The average molecular weight is 196 g/mol. The van der Waals surface area contributed by atoms with Gasteiger partial charge in [-0.3, -0.25) is 4.79 Å². The number of halogens is 1. The maximum Gasteiger partial charge on any atom is 0.154 e. The fourth-order valence-corrected chi connectivity index (χ4v) is 2.12. The number of hydrogen-bond donors (Lipinski definition) is 1. The van der Waals surface area contributed by atoms with E-state index < -0.39 is 5.82 Å². The van der Waals surface area contributed by atoms with Crippen molar-refractivity contribution in [3.8, 4) is 5.75 Å². The third-order valence-corrected chi connectivity index (χ3v) is 2.84. The number of carbonyl (C=O) groups is 1. The van der Waals surface area contributed by atoms with E-state index in [0.29, 0.717) is 16.4 Å². The van der Waals surface area contributed by atoms with Crippen LogP contribution in [0.1, 0.15) is 10.4 Å². The van der Waals surface area contributed by atoms with E-state index in [2.05, 4.69) is 0 Å². The summed E-state index contributed by atoms with van der Waals surface area (Å²) < 4.78 is 13.5. The van der Waals surface area contributed by atoms with E-state index in [4.69, 9.17) is 0 Å². The van der Waals surface area contributed by atoms with Crippen LogP contribution in [-0.4, -0.2) is 11.4 Å². The van der Waals surface area contributed by atoms with Crippen molar-refractivity contribution in [2.24, 2.45) is 0 Å². The van der Waals surface area contributed by atoms with E-state index in [9.17, 15) is 14.3 Å². The Labute approximate surface area is 77.2 Å². The SMILES string of the molecule is O=Cc1c(F)ccc2c(O)csc12. The monoisotopic (exact) mass is 196 g/mol. The molecule has 0 spiro atoms. The van der Waals surface area contributed by atoms with E-state index >= 15 is 0 Å². The minimum absolute atomic E-state index is 0.0165. The van der Waals surface area contributed by atoms with Gasteiger partial charge in [0.15, 0.2) is 6.29 Å². The number of thiophene rings is 1. The van der Waals surface area contributed by atoms with Gasteiger partial charge in [0.05, 0.1) is 10.3 Å². The minimum Gasteiger partial charge on any atom is -0.506 e. The number of aromatic hydroxyl groups is 1. The van der Waals surface area contributed by atoms with Gasteiger partial charge in [0, 0.05) is 10.8 Å². The van der Waals surface area contributed by atoms with Crippen LogP contribution < -0.4 is 0 Å². The molecule has 0 fully saturated rings. The van der Waals surface area contributed by atoms with Crippen molar-refractivity contribution in [2.75, 3.05) is 0 Å². The minimum atomic E-state index is -0.552. The molecule has 0 aliphatic carbocycles. The van der Waals surface area contributed by atoms with Gasteiger partial charge in [-0.1, -0.05) is 0 Å². The first kappa shape index (κ1) is 8.19. The van der Waals surface area contributed by atoms with Crippen LogP contribution in [0.15, 0.2) is 17.5 Å². The Bertz CT molecular complexity index is 476. The molecule has 1 heterocycles. The highest BCUT2D eigenvalue weighted by Crippen LogP contribution is 2.33. The second-order valence-electron chi connectivity index (χ2n) is 2.58. The van der Waals surface area contributed by atoms with E-state index in [1.54, 1.807) is 0 Å². The predicted octanol–water partition coefficient (Wildman–Crippen LogP) is 2.56.